The van der Waals surface area contributed by atoms with Crippen LogP contribution in [0, 0.1) is 6.92 Å². The molecule has 0 spiro atoms. The topological polar surface area (TPSA) is 145 Å². The summed E-state index contributed by atoms with van der Waals surface area (Å²) >= 11 is 0. The zero-order chi connectivity index (χ0) is 17.9. The highest BCUT2D eigenvalue weighted by Gasteiger charge is 2.40. The van der Waals surface area contributed by atoms with Gasteiger partial charge in [0.05, 0.1) is 23.8 Å². The number of hydrogen-bond acceptors (Lipinski definition) is 8. The Hall–Kier alpha value is -3.42. The van der Waals surface area contributed by atoms with Crippen molar-refractivity contribution in [2.24, 2.45) is 0 Å². The maximum atomic E-state index is 12.7. The molecule has 0 bridgehead atoms. The van der Waals surface area contributed by atoms with Crippen molar-refractivity contribution in [1.82, 2.24) is 0 Å². The molecule has 0 saturated carbocycles. The van der Waals surface area contributed by atoms with Crippen LogP contribution in [0.15, 0.2) is 6.07 Å². The number of carbonyl (C=O) groups is 2. The predicted molar refractivity (Wildman–Crippen MR) is 79.4 cm³/mol. The molecule has 0 heterocycles. The molecule has 0 fully saturated rings. The zero-order valence-electron chi connectivity index (χ0n) is 12.5. The first-order valence-electron chi connectivity index (χ1n) is 6.72. The van der Waals surface area contributed by atoms with Gasteiger partial charge in [-0.3, -0.25) is 9.59 Å². The third-order valence-electron chi connectivity index (χ3n) is 4.02. The predicted octanol–water partition coefficient (Wildman–Crippen LogP) is 1.31. The van der Waals surface area contributed by atoms with Crippen molar-refractivity contribution in [2.45, 2.75) is 6.92 Å². The highest BCUT2D eigenvalue weighted by atomic mass is 16.5. The number of rotatable bonds is 1. The summed E-state index contributed by atoms with van der Waals surface area (Å²) < 4.78 is 4.99. The van der Waals surface area contributed by atoms with Gasteiger partial charge in [0.25, 0.3) is 0 Å². The standard InChI is InChI=1S/C16H12O8/c1-4-10(18)8-9(16(24-2)11(4)19)12(20)5-3-6(17)13(21)15(23)7(5)14(8)22/h3,17-19,21,23H,1-2H3. The van der Waals surface area contributed by atoms with E-state index in [0.29, 0.717) is 0 Å². The molecule has 0 radical (unpaired) electrons. The third kappa shape index (κ3) is 1.67. The number of aromatic hydroxyl groups is 5. The van der Waals surface area contributed by atoms with Gasteiger partial charge in [-0.05, 0) is 13.0 Å². The number of carbonyl (C=O) groups excluding carboxylic acids is 2. The van der Waals surface area contributed by atoms with Crippen LogP contribution in [0.3, 0.4) is 0 Å². The summed E-state index contributed by atoms with van der Waals surface area (Å²) in [6, 6.07) is 0.820. The van der Waals surface area contributed by atoms with Crippen molar-refractivity contribution in [1.29, 1.82) is 0 Å². The quantitative estimate of drug-likeness (QED) is 0.419. The van der Waals surface area contributed by atoms with Crippen LogP contribution in [0.5, 0.6) is 34.5 Å². The minimum Gasteiger partial charge on any atom is -0.507 e. The molecule has 5 N–H and O–H groups in total. The number of benzene rings is 2. The van der Waals surface area contributed by atoms with Crippen molar-refractivity contribution in [2.75, 3.05) is 7.11 Å². The first-order chi connectivity index (χ1) is 11.2. The normalized spacial score (nSPS) is 12.8. The average molecular weight is 332 g/mol. The molecule has 8 nitrogen and oxygen atoms in total. The zero-order valence-corrected chi connectivity index (χ0v) is 12.5. The molecule has 0 saturated heterocycles. The van der Waals surface area contributed by atoms with Gasteiger partial charge >= 0.3 is 0 Å². The van der Waals surface area contributed by atoms with Gasteiger partial charge in [0.15, 0.2) is 28.8 Å². The SMILES string of the molecule is COc1c(O)c(C)c(O)c2c1C(=O)c1cc(O)c(O)c(O)c1C2=O. The van der Waals surface area contributed by atoms with Gasteiger partial charge in [-0.15, -0.1) is 0 Å². The number of fused-ring (bicyclic) bond motifs is 2. The second kappa shape index (κ2) is 4.79. The number of ketones is 2. The Morgan fingerprint density at radius 3 is 2.00 bits per heavy atom. The van der Waals surface area contributed by atoms with E-state index in [1.54, 1.807) is 0 Å². The molecule has 8 heteroatoms. The molecule has 0 unspecified atom stereocenters. The van der Waals surface area contributed by atoms with Crippen LogP contribution >= 0.6 is 0 Å². The molecule has 2 aromatic carbocycles. The van der Waals surface area contributed by atoms with E-state index in [-0.39, 0.29) is 22.4 Å². The molecule has 24 heavy (non-hydrogen) atoms. The minimum atomic E-state index is -0.974. The highest BCUT2D eigenvalue weighted by molar-refractivity contribution is 6.32. The summed E-state index contributed by atoms with van der Waals surface area (Å²) in [7, 11) is 1.17. The van der Waals surface area contributed by atoms with Crippen molar-refractivity contribution < 1.29 is 39.9 Å². The first-order valence-corrected chi connectivity index (χ1v) is 6.72. The van der Waals surface area contributed by atoms with Crippen molar-refractivity contribution >= 4 is 11.6 Å². The van der Waals surface area contributed by atoms with Gasteiger partial charge < -0.3 is 30.3 Å². The van der Waals surface area contributed by atoms with Crippen LogP contribution in [-0.2, 0) is 0 Å². The third-order valence-corrected chi connectivity index (χ3v) is 4.02. The molecular formula is C16H12O8. The lowest BCUT2D eigenvalue weighted by atomic mass is 9.81. The Morgan fingerprint density at radius 1 is 0.792 bits per heavy atom. The van der Waals surface area contributed by atoms with Crippen LogP contribution in [0.4, 0.5) is 0 Å². The minimum absolute atomic E-state index is 0.0855. The van der Waals surface area contributed by atoms with Crippen LogP contribution in [0.2, 0.25) is 0 Å². The Bertz CT molecular complexity index is 942. The van der Waals surface area contributed by atoms with Crippen LogP contribution in [-0.4, -0.2) is 44.2 Å². The fraction of sp³-hybridized carbons (Fsp3) is 0.125. The molecule has 0 aromatic heterocycles. The van der Waals surface area contributed by atoms with E-state index < -0.39 is 51.4 Å². The Balaban J connectivity index is 2.49. The maximum Gasteiger partial charge on any atom is 0.202 e. The molecule has 3 rings (SSSR count). The Morgan fingerprint density at radius 2 is 1.42 bits per heavy atom. The van der Waals surface area contributed by atoms with Gasteiger partial charge in [-0.25, -0.2) is 0 Å². The molecule has 0 atom stereocenters. The summed E-state index contributed by atoms with van der Waals surface area (Å²) in [5, 5.41) is 49.4. The summed E-state index contributed by atoms with van der Waals surface area (Å²) in [5.41, 5.74) is -1.87. The lowest BCUT2D eigenvalue weighted by Crippen LogP contribution is -2.22. The van der Waals surface area contributed by atoms with Crippen molar-refractivity contribution in [3.05, 3.63) is 33.9 Å². The fourth-order valence-corrected chi connectivity index (χ4v) is 2.77. The number of hydrogen-bond donors (Lipinski definition) is 5. The second-order valence-electron chi connectivity index (χ2n) is 5.28. The first kappa shape index (κ1) is 15.5. The summed E-state index contributed by atoms with van der Waals surface area (Å²) in [6.07, 6.45) is 0. The molecule has 1 aliphatic rings. The van der Waals surface area contributed by atoms with E-state index in [1.165, 1.54) is 14.0 Å². The number of methoxy groups -OCH3 is 1. The van der Waals surface area contributed by atoms with E-state index >= 15 is 0 Å². The summed E-state index contributed by atoms with van der Waals surface area (Å²) in [6.45, 7) is 1.31. The number of phenols is 5. The maximum absolute atomic E-state index is 12.7. The van der Waals surface area contributed by atoms with Gasteiger partial charge in [0.1, 0.15) is 5.75 Å². The molecule has 1 aliphatic carbocycles. The summed E-state index contributed by atoms with van der Waals surface area (Å²) in [5.74, 6) is -6.01. The van der Waals surface area contributed by atoms with Crippen LogP contribution in [0.25, 0.3) is 0 Å². The summed E-state index contributed by atoms with van der Waals surface area (Å²) in [4.78, 5) is 25.4. The largest absolute Gasteiger partial charge is 0.507 e. The van der Waals surface area contributed by atoms with Gasteiger partial charge in [0, 0.05) is 11.1 Å². The second-order valence-corrected chi connectivity index (χ2v) is 5.28. The average Bonchev–Trinajstić information content (AvgIpc) is 2.54. The number of ether oxygens (including phenoxy) is 1. The van der Waals surface area contributed by atoms with E-state index in [0.717, 1.165) is 6.07 Å². The van der Waals surface area contributed by atoms with Gasteiger partial charge in [-0.1, -0.05) is 0 Å². The van der Waals surface area contributed by atoms with E-state index in [1.807, 2.05) is 0 Å². The Labute approximate surface area is 134 Å². The molecule has 124 valence electrons. The van der Waals surface area contributed by atoms with E-state index in [2.05, 4.69) is 0 Å². The lowest BCUT2D eigenvalue weighted by Gasteiger charge is -2.23. The molecular weight excluding hydrogens is 320 g/mol. The molecule has 2 aromatic rings. The smallest absolute Gasteiger partial charge is 0.202 e. The fourth-order valence-electron chi connectivity index (χ4n) is 2.77. The van der Waals surface area contributed by atoms with Crippen LogP contribution < -0.4 is 4.74 Å². The van der Waals surface area contributed by atoms with E-state index in [4.69, 9.17) is 4.74 Å². The highest BCUT2D eigenvalue weighted by Crippen LogP contribution is 2.50. The monoisotopic (exact) mass is 332 g/mol. The van der Waals surface area contributed by atoms with Crippen molar-refractivity contribution in [3.8, 4) is 34.5 Å². The van der Waals surface area contributed by atoms with Gasteiger partial charge in [0.2, 0.25) is 11.5 Å². The van der Waals surface area contributed by atoms with Crippen LogP contribution in [0.1, 0.15) is 37.4 Å². The van der Waals surface area contributed by atoms with Gasteiger partial charge in [-0.2, -0.15) is 0 Å². The molecule has 0 amide bonds. The molecule has 0 aliphatic heterocycles. The van der Waals surface area contributed by atoms with Crippen molar-refractivity contribution in [3.63, 3.8) is 0 Å². The van der Waals surface area contributed by atoms with E-state index in [9.17, 15) is 35.1 Å². The number of phenolic OH excluding ortho intramolecular Hbond substituents is 5. The Kier molecular flexibility index (Phi) is 3.09. The lowest BCUT2D eigenvalue weighted by molar-refractivity contribution is 0.0970.